The third-order valence-corrected chi connectivity index (χ3v) is 0. The van der Waals surface area contributed by atoms with E-state index in [2.05, 4.69) is 0 Å². The van der Waals surface area contributed by atoms with Gasteiger partial charge < -0.3 is 60.3 Å². The Kier molecular flexibility index (Phi) is 45.7. The average Bonchev–Trinajstić information content (AvgIpc) is 1.76. The fourth-order valence-electron chi connectivity index (χ4n) is 0. The van der Waals surface area contributed by atoms with Gasteiger partial charge in [-0.2, -0.15) is 0 Å². The van der Waals surface area contributed by atoms with E-state index in [9.17, 15) is 0 Å². The van der Waals surface area contributed by atoms with Crippen molar-refractivity contribution in [3.8, 4) is 0 Å². The van der Waals surface area contributed by atoms with Gasteiger partial charge in [0, 0.05) is 0 Å². The summed E-state index contributed by atoms with van der Waals surface area (Å²) in [7, 11) is -8.67. The molecule has 0 atom stereocenters. The van der Waals surface area contributed by atoms with E-state index in [-0.39, 0.29) is 24.4 Å². The first-order valence-electron chi connectivity index (χ1n) is 3.10. The molecular weight excluding hydrogens is 357 g/mol. The van der Waals surface area contributed by atoms with Crippen LogP contribution in [-0.2, 0) is 0 Å². The maximum atomic E-state index is 7.17. The quantitative estimate of drug-likeness (QED) is 0.177. The molecule has 0 aliphatic carbocycles. The molecule has 0 aromatic heterocycles. The summed E-state index contributed by atoms with van der Waals surface area (Å²) in [5.41, 5.74) is 0. The predicted octanol–water partition coefficient (Wildman–Crippen LogP) is -9.39. The molecule has 12 nitrogen and oxygen atoms in total. The predicted molar refractivity (Wildman–Crippen MR) is 59.6 cm³/mol. The van der Waals surface area contributed by atoms with Crippen LogP contribution in [0.2, 0.25) is 0 Å². The summed E-state index contributed by atoms with van der Waals surface area (Å²) in [6, 6.07) is 0. The third-order valence-electron chi connectivity index (χ3n) is 0. The molecule has 104 valence electrons. The first-order valence-corrected chi connectivity index (χ1v) is 3.10. The second-order valence-electron chi connectivity index (χ2n) is 1.39. The first-order chi connectivity index (χ1) is 6.93. The van der Waals surface area contributed by atoms with Crippen LogP contribution >= 0.6 is 0 Å². The van der Waals surface area contributed by atoms with Gasteiger partial charge in [-0.1, -0.05) is 0 Å². The van der Waals surface area contributed by atoms with Gasteiger partial charge in [-0.3, -0.25) is 0 Å². The van der Waals surface area contributed by atoms with Crippen molar-refractivity contribution in [3.63, 3.8) is 0 Å². The number of rotatable bonds is 0. The first kappa shape index (κ1) is 30.5. The Labute approximate surface area is 114 Å². The van der Waals surface area contributed by atoms with Crippen molar-refractivity contribution in [2.75, 3.05) is 0 Å². The molecule has 0 aromatic rings. The van der Waals surface area contributed by atoms with E-state index in [1.54, 1.807) is 0 Å². The summed E-state index contributed by atoms with van der Waals surface area (Å²) >= 11 is 0. The topological polar surface area (TPSA) is 243 Å². The van der Waals surface area contributed by atoms with Crippen LogP contribution in [0, 0.1) is 0 Å². The van der Waals surface area contributed by atoms with Gasteiger partial charge in [-0.15, -0.1) is 0 Å². The van der Waals surface area contributed by atoms with Gasteiger partial charge >= 0.3 is 53.7 Å². The zero-order valence-electron chi connectivity index (χ0n) is 8.38. The molecule has 0 radical (unpaired) electrons. The molecule has 0 heterocycles. The third kappa shape index (κ3) is 9890. The Morgan fingerprint density at radius 1 is 0.294 bits per heavy atom. The monoisotopic (exact) mass is 372 g/mol. The molecule has 0 spiro atoms. The summed E-state index contributed by atoms with van der Waals surface area (Å²) < 4.78 is 0. The van der Waals surface area contributed by atoms with Gasteiger partial charge in [0.2, 0.25) is 0 Å². The number of hydrogen-bond donors (Lipinski definition) is 12. The van der Waals surface area contributed by atoms with Gasteiger partial charge in [0.1, 0.15) is 0 Å². The summed E-state index contributed by atoms with van der Waals surface area (Å²) in [5.74, 6) is 0. The van der Waals surface area contributed by atoms with Crippen LogP contribution in [0.15, 0.2) is 0 Å². The molecule has 0 fully saturated rings. The van der Waals surface area contributed by atoms with Crippen LogP contribution in [-0.4, -0.2) is 114 Å². The molecular formula is H15B4O12Sb. The molecule has 0 amide bonds. The van der Waals surface area contributed by atoms with Crippen molar-refractivity contribution in [1.29, 1.82) is 0 Å². The van der Waals surface area contributed by atoms with Crippen molar-refractivity contribution in [3.05, 3.63) is 0 Å². The molecule has 0 aromatic carbocycles. The van der Waals surface area contributed by atoms with Crippen LogP contribution in [0.1, 0.15) is 0 Å². The van der Waals surface area contributed by atoms with Crippen LogP contribution in [0.25, 0.3) is 0 Å². The second kappa shape index (κ2) is 25.4. The van der Waals surface area contributed by atoms with Crippen molar-refractivity contribution in [1.82, 2.24) is 0 Å². The molecule has 0 unspecified atom stereocenters. The normalized spacial score (nSPS) is 6.35. The van der Waals surface area contributed by atoms with E-state index in [1.807, 2.05) is 0 Å². The molecule has 17 heteroatoms. The summed E-state index contributed by atoms with van der Waals surface area (Å²) in [6.45, 7) is 0. The van der Waals surface area contributed by atoms with Gasteiger partial charge in [0.15, 0.2) is 0 Å². The Bertz CT molecular complexity index is 61.5. The molecule has 0 aliphatic heterocycles. The van der Waals surface area contributed by atoms with Crippen molar-refractivity contribution < 1.29 is 60.3 Å². The van der Waals surface area contributed by atoms with Gasteiger partial charge in [0.25, 0.3) is 0 Å². The molecule has 0 saturated heterocycles. The Morgan fingerprint density at radius 2 is 0.294 bits per heavy atom. The van der Waals surface area contributed by atoms with Crippen molar-refractivity contribution in [2.24, 2.45) is 0 Å². The van der Waals surface area contributed by atoms with E-state index in [4.69, 9.17) is 60.3 Å². The zero-order chi connectivity index (χ0) is 14.3. The maximum absolute atomic E-state index is 7.17. The molecule has 12 N–H and O–H groups in total. The van der Waals surface area contributed by atoms with Crippen LogP contribution in [0.5, 0.6) is 0 Å². The molecule has 0 saturated carbocycles. The van der Waals surface area contributed by atoms with E-state index in [0.717, 1.165) is 0 Å². The average molecular weight is 372 g/mol. The van der Waals surface area contributed by atoms with E-state index in [0.29, 0.717) is 0 Å². The van der Waals surface area contributed by atoms with E-state index < -0.39 is 29.3 Å². The van der Waals surface area contributed by atoms with Gasteiger partial charge in [-0.25, -0.2) is 0 Å². The molecule has 17 heavy (non-hydrogen) atoms. The second-order valence-corrected chi connectivity index (χ2v) is 1.39. The SMILES string of the molecule is OB(O)O.OB(O)O.OB(O)O.OB(O)O.[SbH3]. The van der Waals surface area contributed by atoms with E-state index >= 15 is 0 Å². The van der Waals surface area contributed by atoms with E-state index in [1.165, 1.54) is 0 Å². The van der Waals surface area contributed by atoms with Crippen molar-refractivity contribution >= 4 is 53.7 Å². The molecule has 0 aliphatic rings. The van der Waals surface area contributed by atoms with Crippen LogP contribution in [0.4, 0.5) is 0 Å². The summed E-state index contributed by atoms with van der Waals surface area (Å²) in [4.78, 5) is 0. The Balaban J connectivity index is -0.0000000369. The standard InChI is InChI=1S/4BH3O3.Sb.3H/c4*2-1(3)4;;;;/h4*2-4H;;;;. The Hall–Kier alpha value is 0.598. The van der Waals surface area contributed by atoms with Crippen molar-refractivity contribution in [2.45, 2.75) is 0 Å². The fraction of sp³-hybridized carbons (Fsp3) is 0. The molecule has 0 rings (SSSR count). The minimum atomic E-state index is -2.17. The zero-order valence-corrected chi connectivity index (χ0v) is 12.4. The van der Waals surface area contributed by atoms with Crippen LogP contribution < -0.4 is 0 Å². The summed E-state index contributed by atoms with van der Waals surface area (Å²) in [6.07, 6.45) is 0. The molecule has 0 bridgehead atoms. The summed E-state index contributed by atoms with van der Waals surface area (Å²) in [5, 5.41) is 86.0. The number of hydrogen-bond acceptors (Lipinski definition) is 12. The minimum absolute atomic E-state index is 0. The van der Waals surface area contributed by atoms with Gasteiger partial charge in [0.05, 0.1) is 0 Å². The fourth-order valence-corrected chi connectivity index (χ4v) is 0. The Morgan fingerprint density at radius 3 is 0.294 bits per heavy atom. The van der Waals surface area contributed by atoms with Gasteiger partial charge in [-0.05, 0) is 0 Å². The van der Waals surface area contributed by atoms with Crippen LogP contribution in [0.3, 0.4) is 0 Å².